The lowest BCUT2D eigenvalue weighted by molar-refractivity contribution is -0.137. The predicted octanol–water partition coefficient (Wildman–Crippen LogP) is 3.45. The highest BCUT2D eigenvalue weighted by Gasteiger charge is 2.31. The fourth-order valence-electron chi connectivity index (χ4n) is 3.20. The van der Waals surface area contributed by atoms with Crippen molar-refractivity contribution in [1.82, 2.24) is 21.5 Å². The van der Waals surface area contributed by atoms with E-state index in [1.54, 1.807) is 0 Å². The van der Waals surface area contributed by atoms with Crippen molar-refractivity contribution < 1.29 is 27.5 Å². The molecule has 2 atom stereocenters. The zero-order valence-electron chi connectivity index (χ0n) is 18.0. The molecule has 3 rings (SSSR count). The average Bonchev–Trinajstić information content (AvgIpc) is 3.19. The van der Waals surface area contributed by atoms with Crippen LogP contribution in [0.3, 0.4) is 0 Å². The fraction of sp³-hybridized carbons (Fsp3) is 0.364. The van der Waals surface area contributed by atoms with Gasteiger partial charge in [0.15, 0.2) is 5.96 Å². The van der Waals surface area contributed by atoms with Gasteiger partial charge in [0.1, 0.15) is 11.6 Å². The maximum absolute atomic E-state index is 14.2. The second-order valence-electron chi connectivity index (χ2n) is 8.09. The number of benzene rings is 2. The van der Waals surface area contributed by atoms with Gasteiger partial charge in [0.05, 0.1) is 17.8 Å². The van der Waals surface area contributed by atoms with Crippen molar-refractivity contribution in [2.75, 3.05) is 6.54 Å². The molecule has 0 bridgehead atoms. The molecule has 1 fully saturated rings. The highest BCUT2D eigenvalue weighted by Crippen LogP contribution is 2.29. The number of halogens is 4. The van der Waals surface area contributed by atoms with Crippen molar-refractivity contribution >= 4 is 11.9 Å². The highest BCUT2D eigenvalue weighted by atomic mass is 19.4. The van der Waals surface area contributed by atoms with Gasteiger partial charge in [-0.2, -0.15) is 13.2 Å². The standard InChI is InChI=1S/C22H25F4N5O2/c1-12(2)11-27-21(29-20(33)13-3-5-14(6-4-13)22(24,25)26)28-19-10-18(30-31-19)16-8-7-15(32)9-17(16)23/h3-9,12,18-19,30-32H,10-11H2,1-2H3,(H2,27,28,29,33). The Morgan fingerprint density at radius 1 is 1.18 bits per heavy atom. The van der Waals surface area contributed by atoms with Gasteiger partial charge >= 0.3 is 6.18 Å². The number of rotatable bonds is 5. The molecular weight excluding hydrogens is 442 g/mol. The van der Waals surface area contributed by atoms with Crippen LogP contribution < -0.4 is 21.5 Å². The molecule has 0 spiro atoms. The molecule has 1 aliphatic heterocycles. The first-order valence-corrected chi connectivity index (χ1v) is 10.3. The van der Waals surface area contributed by atoms with Crippen LogP contribution in [0.15, 0.2) is 47.5 Å². The number of amides is 1. The van der Waals surface area contributed by atoms with E-state index in [0.717, 1.165) is 30.3 Å². The Labute approximate surface area is 188 Å². The van der Waals surface area contributed by atoms with E-state index in [9.17, 15) is 27.5 Å². The Balaban J connectivity index is 1.68. The van der Waals surface area contributed by atoms with Crippen molar-refractivity contribution in [2.24, 2.45) is 10.9 Å². The molecule has 0 aliphatic carbocycles. The van der Waals surface area contributed by atoms with Crippen LogP contribution in [0.1, 0.15) is 47.8 Å². The highest BCUT2D eigenvalue weighted by molar-refractivity contribution is 6.05. The molecule has 2 aromatic rings. The van der Waals surface area contributed by atoms with Crippen molar-refractivity contribution in [1.29, 1.82) is 0 Å². The van der Waals surface area contributed by atoms with E-state index in [1.807, 2.05) is 13.8 Å². The van der Waals surface area contributed by atoms with E-state index >= 15 is 0 Å². The van der Waals surface area contributed by atoms with Gasteiger partial charge in [0.25, 0.3) is 5.91 Å². The molecule has 1 saturated heterocycles. The number of carbonyl (C=O) groups is 1. The Hall–Kier alpha value is -3.18. The largest absolute Gasteiger partial charge is 0.508 e. The predicted molar refractivity (Wildman–Crippen MR) is 115 cm³/mol. The number of hydrogen-bond acceptors (Lipinski definition) is 5. The van der Waals surface area contributed by atoms with Gasteiger partial charge in [-0.05, 0) is 36.2 Å². The van der Waals surface area contributed by atoms with Gasteiger partial charge in [-0.25, -0.2) is 15.2 Å². The lowest BCUT2D eigenvalue weighted by atomic mass is 10.0. The van der Waals surface area contributed by atoms with Crippen LogP contribution >= 0.6 is 0 Å². The van der Waals surface area contributed by atoms with Gasteiger partial charge in [-0.15, -0.1) is 0 Å². The number of phenolic OH excluding ortho intramolecular Hbond substituents is 1. The molecule has 1 amide bonds. The third kappa shape index (κ3) is 6.65. The number of carbonyl (C=O) groups excluding carboxylic acids is 1. The molecular formula is C22H25F4N5O2. The van der Waals surface area contributed by atoms with E-state index in [1.165, 1.54) is 12.1 Å². The molecule has 33 heavy (non-hydrogen) atoms. The zero-order chi connectivity index (χ0) is 24.2. The van der Waals surface area contributed by atoms with Gasteiger partial charge < -0.3 is 10.4 Å². The summed E-state index contributed by atoms with van der Waals surface area (Å²) < 4.78 is 52.4. The normalized spacial score (nSPS) is 19.1. The lowest BCUT2D eigenvalue weighted by Crippen LogP contribution is -2.50. The number of hydrazine groups is 1. The van der Waals surface area contributed by atoms with Crippen LogP contribution in [0, 0.1) is 11.7 Å². The Morgan fingerprint density at radius 2 is 1.88 bits per heavy atom. The summed E-state index contributed by atoms with van der Waals surface area (Å²) in [7, 11) is 0. The van der Waals surface area contributed by atoms with Crippen molar-refractivity contribution in [3.8, 4) is 5.75 Å². The van der Waals surface area contributed by atoms with Gasteiger partial charge in [-0.1, -0.05) is 19.9 Å². The third-order valence-corrected chi connectivity index (χ3v) is 4.89. The third-order valence-electron chi connectivity index (χ3n) is 4.89. The Kier molecular flexibility index (Phi) is 7.54. The molecule has 1 aliphatic rings. The molecule has 5 N–H and O–H groups in total. The fourth-order valence-corrected chi connectivity index (χ4v) is 3.20. The topological polar surface area (TPSA) is 97.8 Å². The number of nitrogens with one attached hydrogen (secondary N) is 4. The summed E-state index contributed by atoms with van der Waals surface area (Å²) in [5, 5.41) is 15.0. The summed E-state index contributed by atoms with van der Waals surface area (Å²) in [6.07, 6.45) is -4.53. The smallest absolute Gasteiger partial charge is 0.416 e. The van der Waals surface area contributed by atoms with E-state index in [2.05, 4.69) is 26.5 Å². The summed E-state index contributed by atoms with van der Waals surface area (Å²) in [5.41, 5.74) is 5.46. The van der Waals surface area contributed by atoms with E-state index in [4.69, 9.17) is 0 Å². The molecule has 0 aromatic heterocycles. The summed E-state index contributed by atoms with van der Waals surface area (Å²) in [6, 6.07) is 7.36. The number of aliphatic imine (C=N–C) groups is 1. The van der Waals surface area contributed by atoms with Crippen LogP contribution in [0.5, 0.6) is 5.75 Å². The average molecular weight is 467 g/mol. The monoisotopic (exact) mass is 467 g/mol. The van der Waals surface area contributed by atoms with Crippen LogP contribution in [0.25, 0.3) is 0 Å². The van der Waals surface area contributed by atoms with Crippen molar-refractivity contribution in [3.05, 3.63) is 65.0 Å². The second kappa shape index (κ2) is 10.2. The van der Waals surface area contributed by atoms with E-state index < -0.39 is 35.7 Å². The maximum Gasteiger partial charge on any atom is 0.416 e. The number of nitrogens with zero attached hydrogens (tertiary/aromatic N) is 1. The first kappa shape index (κ1) is 24.5. The maximum atomic E-state index is 14.2. The SMILES string of the molecule is CC(C)CN=C(NC(=O)c1ccc(C(F)(F)F)cc1)NC1CC(c2ccc(O)cc2F)NN1. The van der Waals surface area contributed by atoms with Crippen LogP contribution in [0.2, 0.25) is 0 Å². The number of guanidine groups is 1. The molecule has 178 valence electrons. The Bertz CT molecular complexity index is 1010. The molecule has 11 heteroatoms. The quantitative estimate of drug-likeness (QED) is 0.264. The summed E-state index contributed by atoms with van der Waals surface area (Å²) in [6.45, 7) is 4.28. The van der Waals surface area contributed by atoms with Crippen LogP contribution in [-0.2, 0) is 6.18 Å². The number of alkyl halides is 3. The van der Waals surface area contributed by atoms with E-state index in [-0.39, 0.29) is 23.2 Å². The van der Waals surface area contributed by atoms with Gasteiger partial charge in [0.2, 0.25) is 0 Å². The summed E-state index contributed by atoms with van der Waals surface area (Å²) in [5.74, 6) is -1.02. The summed E-state index contributed by atoms with van der Waals surface area (Å²) >= 11 is 0. The lowest BCUT2D eigenvalue weighted by Gasteiger charge is -2.17. The molecule has 2 aromatic carbocycles. The molecule has 7 nitrogen and oxygen atoms in total. The molecule has 2 unspecified atom stereocenters. The zero-order valence-corrected chi connectivity index (χ0v) is 18.0. The van der Waals surface area contributed by atoms with Crippen LogP contribution in [-0.4, -0.2) is 29.7 Å². The van der Waals surface area contributed by atoms with Gasteiger partial charge in [-0.3, -0.25) is 15.1 Å². The minimum absolute atomic E-state index is 0.0450. The van der Waals surface area contributed by atoms with Crippen molar-refractivity contribution in [3.63, 3.8) is 0 Å². The van der Waals surface area contributed by atoms with Crippen LogP contribution in [0.4, 0.5) is 17.6 Å². The van der Waals surface area contributed by atoms with Crippen molar-refractivity contribution in [2.45, 2.75) is 38.7 Å². The molecule has 0 saturated carbocycles. The first-order valence-electron chi connectivity index (χ1n) is 10.3. The number of phenols is 1. The second-order valence-corrected chi connectivity index (χ2v) is 8.09. The van der Waals surface area contributed by atoms with E-state index in [0.29, 0.717) is 18.5 Å². The molecule has 1 heterocycles. The van der Waals surface area contributed by atoms with Gasteiger partial charge in [0, 0.05) is 30.2 Å². The first-order chi connectivity index (χ1) is 15.5. The molecule has 0 radical (unpaired) electrons. The minimum Gasteiger partial charge on any atom is -0.508 e. The summed E-state index contributed by atoms with van der Waals surface area (Å²) in [4.78, 5) is 16.9. The minimum atomic E-state index is -4.49. The number of hydrogen-bond donors (Lipinski definition) is 5. The Morgan fingerprint density at radius 3 is 2.48 bits per heavy atom. The number of aromatic hydroxyl groups is 1.